The highest BCUT2D eigenvalue weighted by Gasteiger charge is 2.09. The first-order chi connectivity index (χ1) is 9.58. The second-order valence-corrected chi connectivity index (χ2v) is 5.55. The molecule has 0 atom stereocenters. The summed E-state index contributed by atoms with van der Waals surface area (Å²) in [5, 5.41) is 2.89. The van der Waals surface area contributed by atoms with Crippen LogP contribution in [-0.4, -0.2) is 11.7 Å². The van der Waals surface area contributed by atoms with Crippen LogP contribution in [0.3, 0.4) is 0 Å². The largest absolute Gasteiger partial charge is 0.325 e. The molecule has 4 heteroatoms. The smallest absolute Gasteiger partial charge is 0.234 e. The summed E-state index contributed by atoms with van der Waals surface area (Å²) in [6.07, 6.45) is 0. The molecule has 0 spiro atoms. The number of nitrogens with one attached hydrogen (secondary N) is 1. The van der Waals surface area contributed by atoms with E-state index in [1.54, 1.807) is 18.2 Å². The summed E-state index contributed by atoms with van der Waals surface area (Å²) >= 11 is 1.20. The number of hydrogen-bond acceptors (Lipinski definition) is 2. The Balaban J connectivity index is 1.98. The number of hydrogen-bond donors (Lipinski definition) is 1. The number of carbonyl (C=O) groups excluding carboxylic acids is 1. The van der Waals surface area contributed by atoms with Gasteiger partial charge in [0.2, 0.25) is 5.91 Å². The van der Waals surface area contributed by atoms with Crippen molar-refractivity contribution in [2.45, 2.75) is 18.7 Å². The molecule has 0 saturated heterocycles. The average molecular weight is 289 g/mol. The minimum Gasteiger partial charge on any atom is -0.325 e. The number of amides is 1. The van der Waals surface area contributed by atoms with Crippen LogP contribution in [0.2, 0.25) is 0 Å². The van der Waals surface area contributed by atoms with E-state index in [0.717, 1.165) is 16.8 Å². The third-order valence-corrected chi connectivity index (χ3v) is 3.99. The lowest BCUT2D eigenvalue weighted by molar-refractivity contribution is -0.113. The molecule has 2 aromatic carbocycles. The third-order valence-electron chi connectivity index (χ3n) is 2.94. The highest BCUT2D eigenvalue weighted by atomic mass is 32.2. The Morgan fingerprint density at radius 1 is 1.10 bits per heavy atom. The summed E-state index contributed by atoms with van der Waals surface area (Å²) in [7, 11) is 0. The Hall–Kier alpha value is -1.81. The first-order valence-corrected chi connectivity index (χ1v) is 7.30. The van der Waals surface area contributed by atoms with Gasteiger partial charge in [0, 0.05) is 10.6 Å². The summed E-state index contributed by atoms with van der Waals surface area (Å²) < 4.78 is 13.4. The quantitative estimate of drug-likeness (QED) is 0.856. The summed E-state index contributed by atoms with van der Waals surface area (Å²) in [6, 6.07) is 12.3. The minimum absolute atomic E-state index is 0.129. The number of para-hydroxylation sites is 1. The van der Waals surface area contributed by atoms with E-state index in [-0.39, 0.29) is 17.5 Å². The molecule has 0 heterocycles. The van der Waals surface area contributed by atoms with E-state index >= 15 is 0 Å². The van der Waals surface area contributed by atoms with Crippen molar-refractivity contribution in [3.63, 3.8) is 0 Å². The molecule has 1 amide bonds. The van der Waals surface area contributed by atoms with Crippen molar-refractivity contribution in [1.29, 1.82) is 0 Å². The Labute approximate surface area is 122 Å². The molecule has 0 aromatic heterocycles. The number of thioether (sulfide) groups is 1. The first kappa shape index (κ1) is 14.6. The molecule has 0 aliphatic heterocycles. The number of anilines is 1. The van der Waals surface area contributed by atoms with Gasteiger partial charge in [-0.25, -0.2) is 4.39 Å². The maximum atomic E-state index is 13.4. The topological polar surface area (TPSA) is 29.1 Å². The van der Waals surface area contributed by atoms with Crippen molar-refractivity contribution < 1.29 is 9.18 Å². The minimum atomic E-state index is -0.294. The molecule has 1 N–H and O–H groups in total. The van der Waals surface area contributed by atoms with Crippen LogP contribution in [0.4, 0.5) is 10.1 Å². The van der Waals surface area contributed by atoms with Crippen LogP contribution in [0.1, 0.15) is 11.1 Å². The predicted molar refractivity (Wildman–Crippen MR) is 81.7 cm³/mol. The molecule has 2 nitrogen and oxygen atoms in total. The maximum Gasteiger partial charge on any atom is 0.234 e. The van der Waals surface area contributed by atoms with Crippen LogP contribution in [0.5, 0.6) is 0 Å². The number of benzene rings is 2. The van der Waals surface area contributed by atoms with Gasteiger partial charge in [-0.2, -0.15) is 0 Å². The highest BCUT2D eigenvalue weighted by molar-refractivity contribution is 8.00. The zero-order chi connectivity index (χ0) is 14.5. The highest BCUT2D eigenvalue weighted by Crippen LogP contribution is 2.23. The molecular weight excluding hydrogens is 273 g/mol. The fraction of sp³-hybridized carbons (Fsp3) is 0.188. The van der Waals surface area contributed by atoms with E-state index in [1.165, 1.54) is 17.8 Å². The fourth-order valence-electron chi connectivity index (χ4n) is 1.89. The van der Waals surface area contributed by atoms with Crippen LogP contribution in [0.15, 0.2) is 47.4 Å². The lowest BCUT2D eigenvalue weighted by Gasteiger charge is -2.11. The normalized spacial score (nSPS) is 10.3. The van der Waals surface area contributed by atoms with Gasteiger partial charge in [0.25, 0.3) is 0 Å². The molecule has 0 unspecified atom stereocenters. The van der Waals surface area contributed by atoms with Crippen LogP contribution in [-0.2, 0) is 4.79 Å². The molecule has 20 heavy (non-hydrogen) atoms. The standard InChI is InChI=1S/C16H16FNOS/c1-11-6-5-7-12(2)16(11)18-15(19)10-20-14-9-4-3-8-13(14)17/h3-9H,10H2,1-2H3,(H,18,19). The van der Waals surface area contributed by atoms with Crippen molar-refractivity contribution in [2.75, 3.05) is 11.1 Å². The summed E-state index contributed by atoms with van der Waals surface area (Å²) in [4.78, 5) is 12.4. The predicted octanol–water partition coefficient (Wildman–Crippen LogP) is 4.17. The van der Waals surface area contributed by atoms with E-state index in [2.05, 4.69) is 5.32 Å². The van der Waals surface area contributed by atoms with E-state index in [9.17, 15) is 9.18 Å². The summed E-state index contributed by atoms with van der Waals surface area (Å²) in [5.41, 5.74) is 2.88. The Morgan fingerprint density at radius 3 is 2.40 bits per heavy atom. The van der Waals surface area contributed by atoms with Gasteiger partial charge in [-0.3, -0.25) is 4.79 Å². The first-order valence-electron chi connectivity index (χ1n) is 6.31. The van der Waals surface area contributed by atoms with Crippen molar-refractivity contribution in [3.05, 3.63) is 59.4 Å². The number of aryl methyl sites for hydroxylation is 2. The second kappa shape index (κ2) is 6.57. The van der Waals surface area contributed by atoms with Crippen LogP contribution >= 0.6 is 11.8 Å². The van der Waals surface area contributed by atoms with Gasteiger partial charge < -0.3 is 5.32 Å². The lowest BCUT2D eigenvalue weighted by atomic mass is 10.1. The third kappa shape index (κ3) is 3.61. The van der Waals surface area contributed by atoms with Gasteiger partial charge in [-0.1, -0.05) is 30.3 Å². The molecule has 0 aliphatic carbocycles. The monoisotopic (exact) mass is 289 g/mol. The molecule has 0 radical (unpaired) electrons. The van der Waals surface area contributed by atoms with Crippen LogP contribution in [0.25, 0.3) is 0 Å². The molecule has 2 aromatic rings. The van der Waals surface area contributed by atoms with Gasteiger partial charge in [0.1, 0.15) is 5.82 Å². The van der Waals surface area contributed by atoms with Gasteiger partial charge in [-0.05, 0) is 37.1 Å². The molecule has 0 saturated carbocycles. The summed E-state index contributed by atoms with van der Waals surface area (Å²) in [6.45, 7) is 3.90. The zero-order valence-electron chi connectivity index (χ0n) is 11.4. The van der Waals surface area contributed by atoms with E-state index < -0.39 is 0 Å². The van der Waals surface area contributed by atoms with Crippen molar-refractivity contribution >= 4 is 23.4 Å². The van der Waals surface area contributed by atoms with Crippen LogP contribution < -0.4 is 5.32 Å². The summed E-state index contributed by atoms with van der Waals surface area (Å²) in [5.74, 6) is -0.234. The lowest BCUT2D eigenvalue weighted by Crippen LogP contribution is -2.15. The van der Waals surface area contributed by atoms with Crippen molar-refractivity contribution in [1.82, 2.24) is 0 Å². The van der Waals surface area contributed by atoms with Gasteiger partial charge >= 0.3 is 0 Å². The molecule has 0 fully saturated rings. The zero-order valence-corrected chi connectivity index (χ0v) is 12.3. The van der Waals surface area contributed by atoms with Gasteiger partial charge in [0.05, 0.1) is 5.75 Å². The SMILES string of the molecule is Cc1cccc(C)c1NC(=O)CSc1ccccc1F. The fourth-order valence-corrected chi connectivity index (χ4v) is 2.63. The molecule has 0 aliphatic rings. The Kier molecular flexibility index (Phi) is 4.79. The number of halogens is 1. The Bertz CT molecular complexity index is 607. The van der Waals surface area contributed by atoms with Gasteiger partial charge in [-0.15, -0.1) is 11.8 Å². The van der Waals surface area contributed by atoms with Gasteiger partial charge in [0.15, 0.2) is 0 Å². The number of carbonyl (C=O) groups is 1. The average Bonchev–Trinajstić information content (AvgIpc) is 2.42. The molecule has 0 bridgehead atoms. The number of rotatable bonds is 4. The maximum absolute atomic E-state index is 13.4. The van der Waals surface area contributed by atoms with Crippen LogP contribution in [0, 0.1) is 19.7 Å². The van der Waals surface area contributed by atoms with E-state index in [4.69, 9.17) is 0 Å². The van der Waals surface area contributed by atoms with Crippen molar-refractivity contribution in [2.24, 2.45) is 0 Å². The molecule has 104 valence electrons. The molecular formula is C16H16FNOS. The van der Waals surface area contributed by atoms with Crippen molar-refractivity contribution in [3.8, 4) is 0 Å². The second-order valence-electron chi connectivity index (χ2n) is 4.53. The Morgan fingerprint density at radius 2 is 1.75 bits per heavy atom. The van der Waals surface area contributed by atoms with E-state index in [1.807, 2.05) is 32.0 Å². The van der Waals surface area contributed by atoms with E-state index in [0.29, 0.717) is 4.90 Å². The molecule has 2 rings (SSSR count).